The maximum Gasteiger partial charge on any atom is 0.513 e. The third kappa shape index (κ3) is 11.9. The van der Waals surface area contributed by atoms with Crippen LogP contribution >= 0.6 is 0 Å². The minimum absolute atomic E-state index is 0.0762. The van der Waals surface area contributed by atoms with E-state index in [9.17, 15) is 28.8 Å². The van der Waals surface area contributed by atoms with Crippen LogP contribution in [0.3, 0.4) is 0 Å². The molecule has 0 aromatic heterocycles. The molecule has 14 heteroatoms. The van der Waals surface area contributed by atoms with Gasteiger partial charge in [0.1, 0.15) is 23.0 Å². The van der Waals surface area contributed by atoms with Crippen molar-refractivity contribution in [2.75, 3.05) is 26.4 Å². The Hall–Kier alpha value is -7.22. The summed E-state index contributed by atoms with van der Waals surface area (Å²) in [5.74, 6) is -1.35. The Morgan fingerprint density at radius 2 is 0.828 bits per heavy atom. The van der Waals surface area contributed by atoms with Crippen molar-refractivity contribution >= 4 is 36.2 Å². The number of ether oxygens (including phenoxy) is 8. The molecule has 0 N–H and O–H groups in total. The van der Waals surface area contributed by atoms with Crippen LogP contribution in [0.4, 0.5) is 9.59 Å². The largest absolute Gasteiger partial charge is 0.513 e. The molecule has 0 amide bonds. The number of carbonyl (C=O) groups excluding carboxylic acids is 6. The zero-order valence-electron chi connectivity index (χ0n) is 31.6. The molecule has 14 nitrogen and oxygen atoms in total. The van der Waals surface area contributed by atoms with Gasteiger partial charge in [0.15, 0.2) is 0 Å². The fourth-order valence-electron chi connectivity index (χ4n) is 5.67. The van der Waals surface area contributed by atoms with Crippen molar-refractivity contribution in [1.29, 1.82) is 0 Å². The predicted molar refractivity (Wildman–Crippen MR) is 207 cm³/mol. The highest BCUT2D eigenvalue weighted by Crippen LogP contribution is 2.47. The molecule has 0 bridgehead atoms. The molecule has 4 aromatic carbocycles. The van der Waals surface area contributed by atoms with Gasteiger partial charge in [0.25, 0.3) is 0 Å². The summed E-state index contributed by atoms with van der Waals surface area (Å²) in [4.78, 5) is 72.0. The van der Waals surface area contributed by atoms with E-state index in [-0.39, 0.29) is 55.0 Å². The Morgan fingerprint density at radius 3 is 1.19 bits per heavy atom. The van der Waals surface area contributed by atoms with Gasteiger partial charge in [-0.15, -0.1) is 0 Å². The molecule has 0 heterocycles. The predicted octanol–water partition coefficient (Wildman–Crippen LogP) is 8.31. The van der Waals surface area contributed by atoms with E-state index in [1.165, 1.54) is 48.5 Å². The maximum atomic E-state index is 13.0. The van der Waals surface area contributed by atoms with Crippen molar-refractivity contribution in [3.05, 3.63) is 132 Å². The Kier molecular flexibility index (Phi) is 14.9. The molecule has 0 saturated heterocycles. The number of fused-ring (bicyclic) bond motifs is 3. The molecule has 0 aliphatic heterocycles. The quantitative estimate of drug-likeness (QED) is 0.0235. The summed E-state index contributed by atoms with van der Waals surface area (Å²) >= 11 is 0. The number of hydrogen-bond donors (Lipinski definition) is 0. The van der Waals surface area contributed by atoms with Crippen LogP contribution in [-0.2, 0) is 28.5 Å². The summed E-state index contributed by atoms with van der Waals surface area (Å²) in [5, 5.41) is 0. The number of unbranched alkanes of at least 4 members (excludes halogenated alkanes) is 2. The van der Waals surface area contributed by atoms with E-state index >= 15 is 0 Å². The summed E-state index contributed by atoms with van der Waals surface area (Å²) in [5.41, 5.74) is 4.22. The van der Waals surface area contributed by atoms with Gasteiger partial charge >= 0.3 is 36.2 Å². The van der Waals surface area contributed by atoms with Crippen LogP contribution in [0.5, 0.6) is 23.0 Å². The number of benzene rings is 4. The maximum absolute atomic E-state index is 13.0. The lowest BCUT2D eigenvalue weighted by atomic mass is 9.99. The van der Waals surface area contributed by atoms with Crippen molar-refractivity contribution in [1.82, 2.24) is 0 Å². The molecule has 0 unspecified atom stereocenters. The Bertz CT molecular complexity index is 2000. The Morgan fingerprint density at radius 1 is 0.483 bits per heavy atom. The summed E-state index contributed by atoms with van der Waals surface area (Å²) < 4.78 is 41.4. The first-order chi connectivity index (χ1) is 28.0. The van der Waals surface area contributed by atoms with Gasteiger partial charge in [0.2, 0.25) is 0 Å². The monoisotopic (exact) mass is 792 g/mol. The van der Waals surface area contributed by atoms with Gasteiger partial charge in [0.05, 0.1) is 37.6 Å². The van der Waals surface area contributed by atoms with E-state index in [4.69, 9.17) is 37.9 Å². The topological polar surface area (TPSA) is 176 Å². The summed E-state index contributed by atoms with van der Waals surface area (Å²) in [7, 11) is 0. The van der Waals surface area contributed by atoms with E-state index < -0.39 is 36.2 Å². The van der Waals surface area contributed by atoms with Gasteiger partial charge in [-0.2, -0.15) is 0 Å². The van der Waals surface area contributed by atoms with Crippen LogP contribution in [0.25, 0.3) is 11.1 Å². The van der Waals surface area contributed by atoms with Gasteiger partial charge in [-0.1, -0.05) is 32.2 Å². The van der Waals surface area contributed by atoms with Crippen LogP contribution in [0, 0.1) is 0 Å². The minimum Gasteiger partial charge on any atom is -0.463 e. The van der Waals surface area contributed by atoms with E-state index in [0.717, 1.165) is 34.4 Å². The second-order valence-corrected chi connectivity index (χ2v) is 12.6. The van der Waals surface area contributed by atoms with E-state index in [0.29, 0.717) is 37.2 Å². The van der Waals surface area contributed by atoms with Crippen molar-refractivity contribution in [2.24, 2.45) is 0 Å². The Balaban J connectivity index is 1.08. The Labute approximate surface area is 333 Å². The molecule has 58 heavy (non-hydrogen) atoms. The second kappa shape index (κ2) is 20.6. The lowest BCUT2D eigenvalue weighted by molar-refractivity contribution is -0.138. The standard InChI is InChI=1S/C44H40O14/c1-4-39(45)51-22-6-8-24-53-43(49)57-31-14-10-29(11-15-31)41(47)55-33-18-20-35-36-21-19-34(27-38(36)28(3)37(35)26-33)56-42(48)30-12-16-32(17-13-30)58-44(50)54-25-9-7-23-52-40(46)5-2/h4-5,10-21,26-28H,1-2,6-9,22-25H2,3H3. The van der Waals surface area contributed by atoms with Crippen LogP contribution in [0.2, 0.25) is 0 Å². The first-order valence-electron chi connectivity index (χ1n) is 18.2. The highest BCUT2D eigenvalue weighted by Gasteiger charge is 2.27. The zero-order valence-corrected chi connectivity index (χ0v) is 31.6. The molecule has 300 valence electrons. The zero-order chi connectivity index (χ0) is 41.4. The first-order valence-corrected chi connectivity index (χ1v) is 18.2. The van der Waals surface area contributed by atoms with E-state index in [1.807, 2.05) is 19.1 Å². The molecule has 0 spiro atoms. The summed E-state index contributed by atoms with van der Waals surface area (Å²) in [6.07, 6.45) is 2.26. The van der Waals surface area contributed by atoms with Crippen LogP contribution in [-0.4, -0.2) is 62.6 Å². The van der Waals surface area contributed by atoms with Crippen molar-refractivity contribution < 1.29 is 66.7 Å². The molecule has 0 saturated carbocycles. The van der Waals surface area contributed by atoms with Crippen molar-refractivity contribution in [3.8, 4) is 34.1 Å². The lowest BCUT2D eigenvalue weighted by Gasteiger charge is -2.10. The molecule has 1 aliphatic carbocycles. The average molecular weight is 793 g/mol. The van der Waals surface area contributed by atoms with Gasteiger partial charge < -0.3 is 37.9 Å². The fraction of sp³-hybridized carbons (Fsp3) is 0.227. The third-order valence-corrected chi connectivity index (χ3v) is 8.61. The molecule has 1 aliphatic rings. The number of rotatable bonds is 18. The van der Waals surface area contributed by atoms with Crippen LogP contribution in [0.15, 0.2) is 110 Å². The molecule has 5 rings (SSSR count). The van der Waals surface area contributed by atoms with E-state index in [1.54, 1.807) is 24.3 Å². The van der Waals surface area contributed by atoms with E-state index in [2.05, 4.69) is 13.2 Å². The van der Waals surface area contributed by atoms with Crippen LogP contribution in [0.1, 0.15) is 70.4 Å². The highest BCUT2D eigenvalue weighted by molar-refractivity contribution is 5.92. The third-order valence-electron chi connectivity index (χ3n) is 8.61. The fourth-order valence-corrected chi connectivity index (χ4v) is 5.67. The number of esters is 4. The van der Waals surface area contributed by atoms with Gasteiger partial charge in [-0.25, -0.2) is 28.8 Å². The molecular formula is C44H40O14. The normalized spacial score (nSPS) is 11.2. The number of hydrogen-bond acceptors (Lipinski definition) is 14. The van der Waals surface area contributed by atoms with Gasteiger partial charge in [-0.05, 0) is 121 Å². The average Bonchev–Trinajstić information content (AvgIpc) is 3.50. The SMILES string of the molecule is C=CC(=O)OCCCCOC(=O)Oc1ccc(C(=O)Oc2ccc3c(c2)C(C)c2cc(OC(=O)c4ccc(OC(=O)OCCCCOC(=O)C=C)cc4)ccc2-3)cc1. The summed E-state index contributed by atoms with van der Waals surface area (Å²) in [6.45, 7) is 9.14. The first kappa shape index (κ1) is 41.9. The van der Waals surface area contributed by atoms with Crippen LogP contribution < -0.4 is 18.9 Å². The van der Waals surface area contributed by atoms with Gasteiger partial charge in [-0.3, -0.25) is 0 Å². The van der Waals surface area contributed by atoms with Crippen molar-refractivity contribution in [3.63, 3.8) is 0 Å². The number of carbonyl (C=O) groups is 6. The second-order valence-electron chi connectivity index (χ2n) is 12.6. The molecule has 4 aromatic rings. The molecule has 0 atom stereocenters. The lowest BCUT2D eigenvalue weighted by Crippen LogP contribution is -2.13. The molecule has 0 radical (unpaired) electrons. The van der Waals surface area contributed by atoms with Crippen molar-refractivity contribution in [2.45, 2.75) is 38.5 Å². The molecular weight excluding hydrogens is 752 g/mol. The van der Waals surface area contributed by atoms with Gasteiger partial charge in [0, 0.05) is 18.1 Å². The minimum atomic E-state index is -0.910. The highest BCUT2D eigenvalue weighted by atomic mass is 16.7. The smallest absolute Gasteiger partial charge is 0.463 e. The molecule has 0 fully saturated rings. The summed E-state index contributed by atoms with van der Waals surface area (Å²) in [6, 6.07) is 22.4.